The molecule has 0 aromatic carbocycles. The normalized spacial score (nSPS) is 18.6. The highest BCUT2D eigenvalue weighted by atomic mass is 32.2. The minimum Gasteiger partial charge on any atom is -0.352 e. The maximum atomic E-state index is 13.1. The largest absolute Gasteiger partial charge is 0.352 e. The minimum absolute atomic E-state index is 0.0242. The first-order chi connectivity index (χ1) is 17.6. The van der Waals surface area contributed by atoms with Gasteiger partial charge in [-0.3, -0.25) is 29.0 Å². The maximum absolute atomic E-state index is 13.1. The molecule has 2 aliphatic rings. The number of nitrogens with zero attached hydrogens (tertiary/aromatic N) is 2. The lowest BCUT2D eigenvalue weighted by Gasteiger charge is -2.20. The molecule has 0 aliphatic carbocycles. The molecule has 2 heterocycles. The van der Waals surface area contributed by atoms with Gasteiger partial charge in [0.15, 0.2) is 0 Å². The highest BCUT2D eigenvalue weighted by Crippen LogP contribution is 2.42. The van der Waals surface area contributed by atoms with Gasteiger partial charge >= 0.3 is 0 Å². The lowest BCUT2D eigenvalue weighted by atomic mass is 10.1. The predicted octanol–water partition coefficient (Wildman–Crippen LogP) is 4.87. The van der Waals surface area contributed by atoms with Crippen molar-refractivity contribution < 1.29 is 19.2 Å². The van der Waals surface area contributed by atoms with Crippen LogP contribution in [0.5, 0.6) is 0 Å². The molecule has 0 bridgehead atoms. The molecule has 8 nitrogen and oxygen atoms in total. The average Bonchev–Trinajstić information content (AvgIpc) is 3.20. The van der Waals surface area contributed by atoms with E-state index in [9.17, 15) is 19.2 Å². The number of thiocarbonyl (C=S) groups is 2. The molecule has 0 aromatic heterocycles. The molecule has 2 N–H and O–H groups in total. The van der Waals surface area contributed by atoms with Crippen LogP contribution in [0.25, 0.3) is 0 Å². The van der Waals surface area contributed by atoms with E-state index in [-0.39, 0.29) is 34.7 Å². The van der Waals surface area contributed by atoms with Crippen molar-refractivity contribution in [3.8, 4) is 0 Å². The summed E-state index contributed by atoms with van der Waals surface area (Å²) < 4.78 is 0.878. The van der Waals surface area contributed by atoms with Crippen LogP contribution in [0.1, 0.15) is 92.9 Å². The van der Waals surface area contributed by atoms with Crippen LogP contribution in [0.15, 0.2) is 9.81 Å². The number of carbonyl (C=O) groups excluding carboxylic acids is 4. The monoisotopic (exact) mass is 600 g/mol. The molecule has 0 saturated carbocycles. The highest BCUT2D eigenvalue weighted by molar-refractivity contribution is 8.29. The van der Waals surface area contributed by atoms with E-state index in [0.717, 1.165) is 62.0 Å². The molecule has 0 radical (unpaired) electrons. The molecule has 2 aliphatic heterocycles. The van der Waals surface area contributed by atoms with Crippen molar-refractivity contribution in [2.45, 2.75) is 104 Å². The van der Waals surface area contributed by atoms with E-state index in [4.69, 9.17) is 24.4 Å². The Labute approximate surface area is 245 Å². The molecular weight excluding hydrogens is 561 g/mol. The standard InChI is InChI=1S/C26H40N4O4S4/c1-25(2,3)27-17(31)13-9-7-11-15-29-21(33)19(37-23(29)35)20-22(34)30(24(36)38-20)16-12-8-10-14-18(32)28-26(4,5)6/h7-16H2,1-6H3,(H,27,31)(H,28,32). The van der Waals surface area contributed by atoms with Crippen LogP contribution in [0, 0.1) is 0 Å². The van der Waals surface area contributed by atoms with Crippen LogP contribution >= 0.6 is 48.0 Å². The fourth-order valence-electron chi connectivity index (χ4n) is 3.88. The van der Waals surface area contributed by atoms with Crippen LogP contribution in [-0.4, -0.2) is 66.2 Å². The van der Waals surface area contributed by atoms with Crippen molar-refractivity contribution >= 4 is 80.2 Å². The van der Waals surface area contributed by atoms with Gasteiger partial charge in [0.05, 0.1) is 9.81 Å². The van der Waals surface area contributed by atoms with Gasteiger partial charge in [0.1, 0.15) is 8.64 Å². The number of rotatable bonds is 12. The Morgan fingerprint density at radius 1 is 0.658 bits per heavy atom. The lowest BCUT2D eigenvalue weighted by Crippen LogP contribution is -2.40. The van der Waals surface area contributed by atoms with E-state index in [1.807, 2.05) is 41.5 Å². The van der Waals surface area contributed by atoms with Crippen molar-refractivity contribution in [1.82, 2.24) is 20.4 Å². The third-order valence-corrected chi connectivity index (χ3v) is 8.53. The number of nitrogens with one attached hydrogen (secondary N) is 2. The summed E-state index contributed by atoms with van der Waals surface area (Å²) in [7, 11) is 0. The predicted molar refractivity (Wildman–Crippen MR) is 164 cm³/mol. The zero-order valence-corrected chi connectivity index (χ0v) is 26.5. The summed E-state index contributed by atoms with van der Waals surface area (Å²) in [5.41, 5.74) is -0.492. The zero-order valence-electron chi connectivity index (χ0n) is 23.2. The van der Waals surface area contributed by atoms with Gasteiger partial charge in [0.25, 0.3) is 11.8 Å². The van der Waals surface area contributed by atoms with Gasteiger partial charge in [-0.15, -0.1) is 0 Å². The first-order valence-electron chi connectivity index (χ1n) is 13.0. The fourth-order valence-corrected chi connectivity index (χ4v) is 6.65. The number of thioether (sulfide) groups is 2. The first-order valence-corrected chi connectivity index (χ1v) is 15.5. The van der Waals surface area contributed by atoms with Gasteiger partial charge in [-0.05, 0) is 67.2 Å². The Morgan fingerprint density at radius 3 is 1.32 bits per heavy atom. The van der Waals surface area contributed by atoms with E-state index < -0.39 is 0 Å². The zero-order chi connectivity index (χ0) is 28.7. The van der Waals surface area contributed by atoms with Crippen molar-refractivity contribution in [2.75, 3.05) is 13.1 Å². The highest BCUT2D eigenvalue weighted by Gasteiger charge is 2.41. The summed E-state index contributed by atoms with van der Waals surface area (Å²) in [5, 5.41) is 5.89. The second-order valence-electron chi connectivity index (χ2n) is 11.5. The van der Waals surface area contributed by atoms with Crippen molar-refractivity contribution in [3.63, 3.8) is 0 Å². The Balaban J connectivity index is 1.81. The molecule has 0 aromatic rings. The van der Waals surface area contributed by atoms with Crippen molar-refractivity contribution in [1.29, 1.82) is 0 Å². The average molecular weight is 601 g/mol. The Hall–Kier alpha value is -1.50. The van der Waals surface area contributed by atoms with E-state index in [1.165, 1.54) is 0 Å². The third-order valence-electron chi connectivity index (χ3n) is 5.50. The van der Waals surface area contributed by atoms with Gasteiger partial charge in [-0.25, -0.2) is 0 Å². The van der Waals surface area contributed by atoms with E-state index in [0.29, 0.717) is 44.4 Å². The van der Waals surface area contributed by atoms with Crippen molar-refractivity contribution in [3.05, 3.63) is 9.81 Å². The second-order valence-corrected chi connectivity index (χ2v) is 14.8. The van der Waals surface area contributed by atoms with Crippen molar-refractivity contribution in [2.24, 2.45) is 0 Å². The Bertz CT molecular complexity index is 920. The number of carbonyl (C=O) groups is 4. The number of hydrogen-bond acceptors (Lipinski definition) is 8. The molecule has 0 spiro atoms. The maximum Gasteiger partial charge on any atom is 0.267 e. The quantitative estimate of drug-likeness (QED) is 0.186. The molecule has 4 amide bonds. The Kier molecular flexibility index (Phi) is 12.2. The molecular formula is C26H40N4O4S4. The summed E-state index contributed by atoms with van der Waals surface area (Å²) in [6, 6.07) is 0. The van der Waals surface area contributed by atoms with Gasteiger partial charge in [-0.1, -0.05) is 60.8 Å². The molecule has 0 unspecified atom stereocenters. The van der Waals surface area contributed by atoms with Gasteiger partial charge in [0.2, 0.25) is 11.8 Å². The number of hydrogen-bond donors (Lipinski definition) is 2. The molecule has 2 saturated heterocycles. The summed E-state index contributed by atoms with van der Waals surface area (Å²) in [4.78, 5) is 53.9. The van der Waals surface area contributed by atoms with Crippen LogP contribution in [-0.2, 0) is 19.2 Å². The smallest absolute Gasteiger partial charge is 0.267 e. The molecule has 0 atom stereocenters. The molecule has 2 rings (SSSR count). The summed E-state index contributed by atoms with van der Waals surface area (Å²) in [6.07, 6.45) is 5.39. The third kappa shape index (κ3) is 10.6. The summed E-state index contributed by atoms with van der Waals surface area (Å²) in [6.45, 7) is 12.6. The van der Waals surface area contributed by atoms with Crippen LogP contribution < -0.4 is 10.6 Å². The van der Waals surface area contributed by atoms with Gasteiger partial charge < -0.3 is 10.6 Å². The van der Waals surface area contributed by atoms with E-state index in [2.05, 4.69) is 10.6 Å². The lowest BCUT2D eigenvalue weighted by molar-refractivity contribution is -0.124. The molecule has 38 heavy (non-hydrogen) atoms. The fraction of sp³-hybridized carbons (Fsp3) is 0.692. The van der Waals surface area contributed by atoms with Gasteiger partial charge in [0, 0.05) is 37.0 Å². The Morgan fingerprint density at radius 2 is 1.00 bits per heavy atom. The van der Waals surface area contributed by atoms with Gasteiger partial charge in [-0.2, -0.15) is 0 Å². The number of unbranched alkanes of at least 4 members (excludes halogenated alkanes) is 4. The number of amides is 4. The van der Waals surface area contributed by atoms with Crippen LogP contribution in [0.3, 0.4) is 0 Å². The topological polar surface area (TPSA) is 98.8 Å². The molecule has 2 fully saturated rings. The molecule has 12 heteroatoms. The first kappa shape index (κ1) is 32.7. The van der Waals surface area contributed by atoms with Crippen LogP contribution in [0.2, 0.25) is 0 Å². The second kappa shape index (κ2) is 14.2. The SMILES string of the molecule is CC(C)(C)NC(=O)CCCCCN1C(=O)C(=C2SC(=S)N(CCCCCC(=O)NC(C)(C)C)C2=O)SC1=S. The summed E-state index contributed by atoms with van der Waals surface area (Å²) in [5.74, 6) is -0.459. The van der Waals surface area contributed by atoms with E-state index >= 15 is 0 Å². The summed E-state index contributed by atoms with van der Waals surface area (Å²) >= 11 is 13.2. The van der Waals surface area contributed by atoms with Crippen LogP contribution in [0.4, 0.5) is 0 Å². The minimum atomic E-state index is -0.254. The molecule has 212 valence electrons. The van der Waals surface area contributed by atoms with E-state index in [1.54, 1.807) is 9.80 Å².